The van der Waals surface area contributed by atoms with Crippen LogP contribution in [0.3, 0.4) is 0 Å². The summed E-state index contributed by atoms with van der Waals surface area (Å²) in [6.07, 6.45) is 0. The Morgan fingerprint density at radius 1 is 1.04 bits per heavy atom. The lowest BCUT2D eigenvalue weighted by Crippen LogP contribution is -2.34. The summed E-state index contributed by atoms with van der Waals surface area (Å²) in [5.74, 6) is -5.81. The number of nitrogens with one attached hydrogen (secondary N) is 2. The third-order valence-corrected chi connectivity index (χ3v) is 3.68. The van der Waals surface area contributed by atoms with E-state index in [0.29, 0.717) is 6.07 Å². The molecule has 1 heterocycles. The largest absolute Gasteiger partial charge is 0.383 e. The number of amides is 2. The first kappa shape index (κ1) is 19.3. The van der Waals surface area contributed by atoms with Crippen molar-refractivity contribution in [3.8, 4) is 0 Å². The van der Waals surface area contributed by atoms with Crippen LogP contribution in [0.1, 0.15) is 0 Å². The van der Waals surface area contributed by atoms with Gasteiger partial charge in [-0.1, -0.05) is 11.8 Å². The van der Waals surface area contributed by atoms with E-state index in [0.717, 1.165) is 17.8 Å². The van der Waals surface area contributed by atoms with Crippen molar-refractivity contribution in [3.05, 3.63) is 35.7 Å². The zero-order chi connectivity index (χ0) is 19.3. The second kappa shape index (κ2) is 8.38. The van der Waals surface area contributed by atoms with Crippen LogP contribution in [0.25, 0.3) is 0 Å². The van der Waals surface area contributed by atoms with Crippen molar-refractivity contribution in [2.45, 2.75) is 5.16 Å². The van der Waals surface area contributed by atoms with Gasteiger partial charge in [0.05, 0.1) is 18.0 Å². The number of thioether (sulfide) groups is 1. The minimum Gasteiger partial charge on any atom is -0.383 e. The van der Waals surface area contributed by atoms with Gasteiger partial charge in [0, 0.05) is 6.07 Å². The Kier molecular flexibility index (Phi) is 6.22. The number of carbonyl (C=O) groups is 2. The minimum atomic E-state index is -1.70. The lowest BCUT2D eigenvalue weighted by molar-refractivity contribution is -0.122. The predicted molar refractivity (Wildman–Crippen MR) is 89.5 cm³/mol. The number of benzene rings is 1. The molecule has 0 radical (unpaired) electrons. The Balaban J connectivity index is 1.81. The molecular weight excluding hydrogens is 373 g/mol. The molecule has 6 N–H and O–H groups in total. The van der Waals surface area contributed by atoms with E-state index in [2.05, 4.69) is 15.3 Å². The molecule has 0 fully saturated rings. The van der Waals surface area contributed by atoms with Crippen LogP contribution in [0, 0.1) is 17.5 Å². The number of aromatic nitrogens is 2. The second-order valence-electron chi connectivity index (χ2n) is 4.84. The number of nitrogen functional groups attached to an aromatic ring is 2. The Hall–Kier alpha value is -3.02. The van der Waals surface area contributed by atoms with Crippen LogP contribution in [0.2, 0.25) is 0 Å². The van der Waals surface area contributed by atoms with Gasteiger partial charge in [-0.2, -0.15) is 0 Å². The monoisotopic (exact) mass is 386 g/mol. The zero-order valence-electron chi connectivity index (χ0n) is 13.1. The van der Waals surface area contributed by atoms with Gasteiger partial charge < -0.3 is 22.1 Å². The van der Waals surface area contributed by atoms with Crippen molar-refractivity contribution >= 4 is 40.9 Å². The first-order chi connectivity index (χ1) is 12.3. The molecule has 0 spiro atoms. The normalized spacial score (nSPS) is 10.4. The van der Waals surface area contributed by atoms with Crippen molar-refractivity contribution in [1.82, 2.24) is 15.3 Å². The van der Waals surface area contributed by atoms with Crippen LogP contribution < -0.4 is 22.1 Å². The maximum absolute atomic E-state index is 13.4. The fourth-order valence-electron chi connectivity index (χ4n) is 1.70. The predicted octanol–water partition coefficient (Wildman–Crippen LogP) is 0.905. The van der Waals surface area contributed by atoms with Crippen molar-refractivity contribution in [1.29, 1.82) is 0 Å². The van der Waals surface area contributed by atoms with Crippen molar-refractivity contribution in [2.24, 2.45) is 0 Å². The third-order valence-electron chi connectivity index (χ3n) is 2.83. The van der Waals surface area contributed by atoms with Crippen molar-refractivity contribution in [2.75, 3.05) is 29.1 Å². The molecule has 2 aromatic rings. The molecule has 12 heteroatoms. The smallest absolute Gasteiger partial charge is 0.243 e. The molecule has 1 aromatic heterocycles. The van der Waals surface area contributed by atoms with E-state index in [1.807, 2.05) is 5.32 Å². The minimum absolute atomic E-state index is 0.129. The summed E-state index contributed by atoms with van der Waals surface area (Å²) >= 11 is 0.941. The summed E-state index contributed by atoms with van der Waals surface area (Å²) < 4.78 is 39.3. The van der Waals surface area contributed by atoms with Gasteiger partial charge in [0.25, 0.3) is 0 Å². The van der Waals surface area contributed by atoms with Gasteiger partial charge in [-0.25, -0.2) is 23.1 Å². The highest BCUT2D eigenvalue weighted by molar-refractivity contribution is 7.99. The molecule has 0 atom stereocenters. The Morgan fingerprint density at radius 3 is 2.35 bits per heavy atom. The number of anilines is 3. The number of nitrogens with two attached hydrogens (primary N) is 2. The summed E-state index contributed by atoms with van der Waals surface area (Å²) in [4.78, 5) is 31.1. The van der Waals surface area contributed by atoms with Crippen LogP contribution in [-0.2, 0) is 9.59 Å². The SMILES string of the molecule is Nc1cc(N)nc(SCC(=O)NCC(=O)Nc2ccc(F)c(F)c2F)n1. The van der Waals surface area contributed by atoms with Gasteiger partial charge in [-0.3, -0.25) is 9.59 Å². The third kappa shape index (κ3) is 5.24. The van der Waals surface area contributed by atoms with E-state index in [-0.39, 0.29) is 22.5 Å². The number of halogens is 3. The molecule has 138 valence electrons. The van der Waals surface area contributed by atoms with Crippen molar-refractivity contribution in [3.63, 3.8) is 0 Å². The van der Waals surface area contributed by atoms with Crippen LogP contribution in [0.15, 0.2) is 23.4 Å². The maximum Gasteiger partial charge on any atom is 0.243 e. The van der Waals surface area contributed by atoms with Gasteiger partial charge in [0.2, 0.25) is 11.8 Å². The highest BCUT2D eigenvalue weighted by atomic mass is 32.2. The van der Waals surface area contributed by atoms with Crippen LogP contribution in [-0.4, -0.2) is 34.1 Å². The maximum atomic E-state index is 13.4. The van der Waals surface area contributed by atoms with Gasteiger partial charge in [0.15, 0.2) is 22.6 Å². The number of nitrogens with zero attached hydrogens (tertiary/aromatic N) is 2. The number of hydrogen-bond donors (Lipinski definition) is 4. The first-order valence-electron chi connectivity index (χ1n) is 6.99. The standard InChI is InChI=1S/C14H13F3N6O2S/c15-6-1-2-7(13(17)12(6)16)21-10(24)4-20-11(25)5-26-14-22-8(18)3-9(19)23-14/h1-3H,4-5H2,(H,20,25)(H,21,24)(H4,18,19,22,23). The summed E-state index contributed by atoms with van der Waals surface area (Å²) in [6.45, 7) is -0.502. The average Bonchev–Trinajstić information content (AvgIpc) is 2.58. The molecule has 8 nitrogen and oxygen atoms in total. The summed E-state index contributed by atoms with van der Waals surface area (Å²) in [7, 11) is 0. The summed E-state index contributed by atoms with van der Waals surface area (Å²) in [5, 5.41) is 4.48. The second-order valence-corrected chi connectivity index (χ2v) is 5.78. The molecule has 0 aliphatic heterocycles. The fraction of sp³-hybridized carbons (Fsp3) is 0.143. The van der Waals surface area contributed by atoms with E-state index in [9.17, 15) is 22.8 Å². The molecule has 0 saturated heterocycles. The van der Waals surface area contributed by atoms with E-state index in [4.69, 9.17) is 11.5 Å². The van der Waals surface area contributed by atoms with E-state index < -0.39 is 41.5 Å². The number of carbonyl (C=O) groups excluding carboxylic acids is 2. The molecule has 2 rings (SSSR count). The van der Waals surface area contributed by atoms with Gasteiger partial charge in [-0.15, -0.1) is 0 Å². The molecule has 0 unspecified atom stereocenters. The Bertz CT molecular complexity index is 831. The Morgan fingerprint density at radius 2 is 1.69 bits per heavy atom. The molecule has 2 amide bonds. The van der Waals surface area contributed by atoms with Gasteiger partial charge in [-0.05, 0) is 12.1 Å². The highest BCUT2D eigenvalue weighted by Crippen LogP contribution is 2.19. The van der Waals surface area contributed by atoms with Crippen LogP contribution in [0.4, 0.5) is 30.5 Å². The highest BCUT2D eigenvalue weighted by Gasteiger charge is 2.15. The lowest BCUT2D eigenvalue weighted by Gasteiger charge is -2.08. The fourth-order valence-corrected chi connectivity index (χ4v) is 2.41. The lowest BCUT2D eigenvalue weighted by atomic mass is 10.2. The molecule has 1 aromatic carbocycles. The molecule has 0 bridgehead atoms. The van der Waals surface area contributed by atoms with E-state index in [1.54, 1.807) is 0 Å². The van der Waals surface area contributed by atoms with Crippen molar-refractivity contribution < 1.29 is 22.8 Å². The quantitative estimate of drug-likeness (QED) is 0.329. The molecule has 26 heavy (non-hydrogen) atoms. The summed E-state index contributed by atoms with van der Waals surface area (Å²) in [5.41, 5.74) is 10.4. The topological polar surface area (TPSA) is 136 Å². The molecule has 0 saturated carbocycles. The molecular formula is C14H13F3N6O2S. The first-order valence-corrected chi connectivity index (χ1v) is 7.97. The summed E-state index contributed by atoms with van der Waals surface area (Å²) in [6, 6.07) is 2.89. The van der Waals surface area contributed by atoms with Crippen LogP contribution in [0.5, 0.6) is 0 Å². The average molecular weight is 386 g/mol. The number of rotatable bonds is 6. The van der Waals surface area contributed by atoms with E-state index >= 15 is 0 Å². The van der Waals surface area contributed by atoms with Gasteiger partial charge in [0.1, 0.15) is 11.6 Å². The van der Waals surface area contributed by atoms with Gasteiger partial charge >= 0.3 is 0 Å². The molecule has 0 aliphatic carbocycles. The zero-order valence-corrected chi connectivity index (χ0v) is 13.9. The Labute approximate surface area is 149 Å². The molecule has 0 aliphatic rings. The van der Waals surface area contributed by atoms with Crippen LogP contribution >= 0.6 is 11.8 Å². The number of hydrogen-bond acceptors (Lipinski definition) is 7. The van der Waals surface area contributed by atoms with E-state index in [1.165, 1.54) is 6.07 Å².